The molecule has 3 aromatic heterocycles. The summed E-state index contributed by atoms with van der Waals surface area (Å²) in [4.78, 5) is 9.34. The van der Waals surface area contributed by atoms with Gasteiger partial charge in [0.1, 0.15) is 5.82 Å². The van der Waals surface area contributed by atoms with Crippen molar-refractivity contribution in [1.29, 1.82) is 5.26 Å². The van der Waals surface area contributed by atoms with Crippen LogP contribution in [-0.4, -0.2) is 51.7 Å². The van der Waals surface area contributed by atoms with Crippen LogP contribution in [0.25, 0.3) is 16.9 Å². The number of aryl methyl sites for hydroxylation is 1. The molecular formula is C25H26FN7O2S2. The minimum absolute atomic E-state index is 0.183. The molecule has 192 valence electrons. The van der Waals surface area contributed by atoms with E-state index in [4.69, 9.17) is 10.1 Å². The molecule has 4 aromatic rings. The number of fused-ring (bicyclic) bond motifs is 1. The van der Waals surface area contributed by atoms with Gasteiger partial charge in [-0.15, -0.1) is 11.3 Å². The molecule has 0 unspecified atom stereocenters. The molecule has 1 aromatic carbocycles. The number of piperidine rings is 1. The maximum atomic E-state index is 13.5. The topological polar surface area (TPSA) is 116 Å². The molecule has 0 saturated carbocycles. The summed E-state index contributed by atoms with van der Waals surface area (Å²) in [7, 11) is -3.18. The lowest BCUT2D eigenvalue weighted by atomic mass is 9.94. The number of nitrogens with one attached hydrogen (secondary N) is 1. The van der Waals surface area contributed by atoms with Gasteiger partial charge in [0.25, 0.3) is 0 Å². The van der Waals surface area contributed by atoms with Crippen LogP contribution in [0.3, 0.4) is 0 Å². The Bertz CT molecular complexity index is 1600. The van der Waals surface area contributed by atoms with Crippen LogP contribution in [0.1, 0.15) is 48.3 Å². The molecule has 0 atom stereocenters. The van der Waals surface area contributed by atoms with Crippen LogP contribution in [0, 0.1) is 17.1 Å². The summed E-state index contributed by atoms with van der Waals surface area (Å²) in [6.07, 6.45) is 3.45. The van der Waals surface area contributed by atoms with Crippen LogP contribution in [0.2, 0.25) is 0 Å². The van der Waals surface area contributed by atoms with Gasteiger partial charge in [-0.05, 0) is 49.6 Å². The van der Waals surface area contributed by atoms with Crippen LogP contribution < -0.4 is 5.32 Å². The van der Waals surface area contributed by atoms with E-state index in [2.05, 4.69) is 10.3 Å². The fourth-order valence-electron chi connectivity index (χ4n) is 4.67. The summed E-state index contributed by atoms with van der Waals surface area (Å²) in [6.45, 7) is 3.49. The molecule has 1 aliphatic rings. The zero-order valence-corrected chi connectivity index (χ0v) is 22.1. The normalized spacial score (nSPS) is 15.2. The van der Waals surface area contributed by atoms with Crippen LogP contribution in [0.15, 0.2) is 35.7 Å². The number of halogens is 1. The van der Waals surface area contributed by atoms with Crippen molar-refractivity contribution in [2.75, 3.05) is 24.7 Å². The number of sulfonamides is 1. The molecule has 0 radical (unpaired) electrons. The van der Waals surface area contributed by atoms with Gasteiger partial charge in [-0.1, -0.05) is 6.92 Å². The Labute approximate surface area is 218 Å². The number of hydrogen-bond acceptors (Lipinski definition) is 8. The third-order valence-electron chi connectivity index (χ3n) is 6.64. The first-order valence-electron chi connectivity index (χ1n) is 12.0. The maximum absolute atomic E-state index is 13.5. The number of rotatable bonds is 7. The molecular weight excluding hydrogens is 513 g/mol. The van der Waals surface area contributed by atoms with Crippen molar-refractivity contribution in [3.8, 4) is 17.3 Å². The summed E-state index contributed by atoms with van der Waals surface area (Å²) >= 11 is 1.41. The van der Waals surface area contributed by atoms with Crippen LogP contribution in [-0.2, 0) is 23.0 Å². The average Bonchev–Trinajstić information content (AvgIpc) is 3.50. The highest BCUT2D eigenvalue weighted by Crippen LogP contribution is 2.30. The Morgan fingerprint density at radius 3 is 2.70 bits per heavy atom. The van der Waals surface area contributed by atoms with Crippen molar-refractivity contribution < 1.29 is 12.8 Å². The van der Waals surface area contributed by atoms with Crippen molar-refractivity contribution in [2.45, 2.75) is 38.6 Å². The van der Waals surface area contributed by atoms with E-state index in [1.165, 1.54) is 34.0 Å². The van der Waals surface area contributed by atoms with Crippen molar-refractivity contribution in [3.63, 3.8) is 0 Å². The van der Waals surface area contributed by atoms with E-state index >= 15 is 0 Å². The Morgan fingerprint density at radius 2 is 2.00 bits per heavy atom. The van der Waals surface area contributed by atoms with Gasteiger partial charge in [0.15, 0.2) is 10.8 Å². The molecule has 12 heteroatoms. The molecule has 1 saturated heterocycles. The summed E-state index contributed by atoms with van der Waals surface area (Å²) in [5.74, 6) is -0.274. The average molecular weight is 540 g/mol. The van der Waals surface area contributed by atoms with E-state index in [9.17, 15) is 18.1 Å². The molecule has 0 spiro atoms. The zero-order valence-electron chi connectivity index (χ0n) is 20.5. The number of imidazole rings is 1. The number of nitrogens with zero attached hydrogens (tertiary/aromatic N) is 6. The molecule has 9 nitrogen and oxygen atoms in total. The summed E-state index contributed by atoms with van der Waals surface area (Å²) in [5, 5.41) is 20.1. The standard InChI is InChI=1S/C25H26FN7O2S2/c1-3-20-23(14-28-25-30-22(15-36-25)19-5-4-18(26)12-17(19)13-27)33-24(29-20)7-6-21(31-33)16-8-10-32(11-9-16)37(2,34)35/h4-7,12,15-16H,3,8-11,14H2,1-2H3,(H,28,30). The molecule has 0 amide bonds. The molecule has 5 rings (SSSR count). The number of anilines is 1. The molecule has 37 heavy (non-hydrogen) atoms. The number of aromatic nitrogens is 4. The van der Waals surface area contributed by atoms with Crippen LogP contribution >= 0.6 is 11.3 Å². The second kappa shape index (κ2) is 10.2. The van der Waals surface area contributed by atoms with Crippen molar-refractivity contribution in [1.82, 2.24) is 23.9 Å². The summed E-state index contributed by atoms with van der Waals surface area (Å²) in [6, 6.07) is 10.1. The number of hydrogen-bond donors (Lipinski definition) is 1. The van der Waals surface area contributed by atoms with E-state index in [-0.39, 0.29) is 11.5 Å². The van der Waals surface area contributed by atoms with Gasteiger partial charge in [0.2, 0.25) is 10.0 Å². The molecule has 4 heterocycles. The van der Waals surface area contributed by atoms with Gasteiger partial charge in [0, 0.05) is 30.0 Å². The Kier molecular flexibility index (Phi) is 6.94. The first kappa shape index (κ1) is 25.3. The summed E-state index contributed by atoms with van der Waals surface area (Å²) in [5.41, 5.74) is 5.00. The second-order valence-corrected chi connectivity index (χ2v) is 11.9. The highest BCUT2D eigenvalue weighted by atomic mass is 32.2. The molecule has 1 aliphatic heterocycles. The van der Waals surface area contributed by atoms with Crippen LogP contribution in [0.4, 0.5) is 9.52 Å². The largest absolute Gasteiger partial charge is 0.356 e. The molecule has 0 bridgehead atoms. The summed E-state index contributed by atoms with van der Waals surface area (Å²) < 4.78 is 40.6. The highest BCUT2D eigenvalue weighted by molar-refractivity contribution is 7.88. The number of benzene rings is 1. The predicted octanol–water partition coefficient (Wildman–Crippen LogP) is 4.18. The van der Waals surface area contributed by atoms with E-state index in [1.807, 2.05) is 35.0 Å². The highest BCUT2D eigenvalue weighted by Gasteiger charge is 2.27. The van der Waals surface area contributed by atoms with Crippen molar-refractivity contribution >= 4 is 32.1 Å². The van der Waals surface area contributed by atoms with Gasteiger partial charge in [-0.2, -0.15) is 10.4 Å². The van der Waals surface area contributed by atoms with Crippen molar-refractivity contribution in [2.24, 2.45) is 0 Å². The van der Waals surface area contributed by atoms with Crippen LogP contribution in [0.5, 0.6) is 0 Å². The fourth-order valence-corrected chi connectivity index (χ4v) is 6.25. The minimum Gasteiger partial charge on any atom is -0.356 e. The van der Waals surface area contributed by atoms with Gasteiger partial charge >= 0.3 is 0 Å². The van der Waals surface area contributed by atoms with Gasteiger partial charge in [-0.3, -0.25) is 0 Å². The Morgan fingerprint density at radius 1 is 1.22 bits per heavy atom. The van der Waals surface area contributed by atoms with Gasteiger partial charge < -0.3 is 5.32 Å². The van der Waals surface area contributed by atoms with E-state index < -0.39 is 15.8 Å². The molecule has 0 aliphatic carbocycles. The second-order valence-electron chi connectivity index (χ2n) is 9.02. The number of nitriles is 1. The lowest BCUT2D eigenvalue weighted by molar-refractivity contribution is 0.317. The van der Waals surface area contributed by atoms with Crippen molar-refractivity contribution in [3.05, 3.63) is 64.2 Å². The van der Waals surface area contributed by atoms with Gasteiger partial charge in [-0.25, -0.2) is 31.6 Å². The Hall–Kier alpha value is -3.40. The van der Waals surface area contributed by atoms with E-state index in [0.29, 0.717) is 36.0 Å². The fraction of sp³-hybridized carbons (Fsp3) is 0.360. The molecule has 1 fully saturated rings. The number of thiazole rings is 1. The van der Waals surface area contributed by atoms with E-state index in [0.717, 1.165) is 42.0 Å². The quantitative estimate of drug-likeness (QED) is 0.375. The lowest BCUT2D eigenvalue weighted by Crippen LogP contribution is -2.37. The third kappa shape index (κ3) is 5.20. The first-order valence-corrected chi connectivity index (χ1v) is 14.7. The predicted molar refractivity (Wildman–Crippen MR) is 140 cm³/mol. The Balaban J connectivity index is 1.36. The van der Waals surface area contributed by atoms with Gasteiger partial charge in [0.05, 0.1) is 47.2 Å². The van der Waals surface area contributed by atoms with E-state index in [1.54, 1.807) is 6.07 Å². The third-order valence-corrected chi connectivity index (χ3v) is 8.74. The smallest absolute Gasteiger partial charge is 0.211 e. The lowest BCUT2D eigenvalue weighted by Gasteiger charge is -2.29. The minimum atomic E-state index is -3.18. The maximum Gasteiger partial charge on any atom is 0.211 e. The zero-order chi connectivity index (χ0) is 26.2. The first-order chi connectivity index (χ1) is 17.8. The SMILES string of the molecule is CCc1nc2ccc(C3CCN(S(C)(=O)=O)CC3)nn2c1CNc1nc(-c2ccc(F)cc2C#N)cs1. The monoisotopic (exact) mass is 539 g/mol. The molecule has 1 N–H and O–H groups in total.